The van der Waals surface area contributed by atoms with Crippen molar-refractivity contribution in [1.82, 2.24) is 10.2 Å². The van der Waals surface area contributed by atoms with E-state index in [4.69, 9.17) is 4.74 Å². The zero-order valence-corrected chi connectivity index (χ0v) is 11.1. The van der Waals surface area contributed by atoms with Crippen molar-refractivity contribution in [3.63, 3.8) is 0 Å². The molecule has 0 aromatic heterocycles. The Hall–Kier alpha value is -1.95. The number of nitrogens with one attached hydrogen (secondary N) is 1. The molecule has 2 heterocycles. The zero-order valence-electron chi connectivity index (χ0n) is 11.1. The maximum Gasteiger partial charge on any atom is 0.246 e. The largest absolute Gasteiger partial charge is 0.488 e. The lowest BCUT2D eigenvalue weighted by molar-refractivity contribution is -0.137. The summed E-state index contributed by atoms with van der Waals surface area (Å²) in [6.45, 7) is 0.452. The standard InChI is InChI=1S/C14H15FN2O3/c1-17-13(18)6-11(14(17)19)16-7-10-5-8-4-9(15)2-3-12(8)20-10/h2-4,10-11,16H,5-7H2,1H3. The van der Waals surface area contributed by atoms with Crippen LogP contribution >= 0.6 is 0 Å². The van der Waals surface area contributed by atoms with Crippen LogP contribution in [0.2, 0.25) is 0 Å². The summed E-state index contributed by atoms with van der Waals surface area (Å²) in [7, 11) is 1.48. The first kappa shape index (κ1) is 13.1. The fourth-order valence-electron chi connectivity index (χ4n) is 2.59. The van der Waals surface area contributed by atoms with Crippen LogP contribution in [0.3, 0.4) is 0 Å². The van der Waals surface area contributed by atoms with E-state index in [1.807, 2.05) is 0 Å². The molecule has 0 radical (unpaired) electrons. The lowest BCUT2D eigenvalue weighted by atomic mass is 10.1. The molecule has 2 aliphatic heterocycles. The van der Waals surface area contributed by atoms with Gasteiger partial charge in [0.1, 0.15) is 17.7 Å². The van der Waals surface area contributed by atoms with Crippen molar-refractivity contribution >= 4 is 11.8 Å². The molecule has 0 bridgehead atoms. The fraction of sp³-hybridized carbons (Fsp3) is 0.429. The molecule has 2 unspecified atom stereocenters. The lowest BCUT2D eigenvalue weighted by Crippen LogP contribution is -2.41. The van der Waals surface area contributed by atoms with Crippen molar-refractivity contribution in [3.05, 3.63) is 29.6 Å². The highest BCUT2D eigenvalue weighted by Crippen LogP contribution is 2.29. The van der Waals surface area contributed by atoms with Crippen molar-refractivity contribution < 1.29 is 18.7 Å². The van der Waals surface area contributed by atoms with Gasteiger partial charge in [-0.05, 0) is 18.2 Å². The van der Waals surface area contributed by atoms with E-state index >= 15 is 0 Å². The molecule has 0 spiro atoms. The molecule has 2 atom stereocenters. The zero-order chi connectivity index (χ0) is 14.3. The molecule has 1 N–H and O–H groups in total. The minimum Gasteiger partial charge on any atom is -0.488 e. The van der Waals surface area contributed by atoms with Crippen molar-refractivity contribution in [1.29, 1.82) is 0 Å². The predicted molar refractivity (Wildman–Crippen MR) is 68.7 cm³/mol. The summed E-state index contributed by atoms with van der Waals surface area (Å²) in [6, 6.07) is 3.97. The van der Waals surface area contributed by atoms with Crippen LogP contribution in [0.25, 0.3) is 0 Å². The number of halogens is 1. The Bertz CT molecular complexity index is 576. The molecule has 3 rings (SSSR count). The van der Waals surface area contributed by atoms with E-state index in [9.17, 15) is 14.0 Å². The van der Waals surface area contributed by atoms with Crippen LogP contribution in [0.15, 0.2) is 18.2 Å². The number of likely N-dealkylation sites (tertiary alicyclic amines) is 1. The van der Waals surface area contributed by atoms with Gasteiger partial charge in [0.15, 0.2) is 0 Å². The first-order chi connectivity index (χ1) is 9.54. The number of rotatable bonds is 3. The highest BCUT2D eigenvalue weighted by atomic mass is 19.1. The molecule has 20 heavy (non-hydrogen) atoms. The fourth-order valence-corrected chi connectivity index (χ4v) is 2.59. The molecule has 1 fully saturated rings. The number of likely N-dealkylation sites (N-methyl/N-ethyl adjacent to an activating group) is 1. The van der Waals surface area contributed by atoms with Crippen molar-refractivity contribution in [2.75, 3.05) is 13.6 Å². The Labute approximate surface area is 115 Å². The number of benzene rings is 1. The Kier molecular flexibility index (Phi) is 3.17. The number of hydrogen-bond acceptors (Lipinski definition) is 4. The number of amides is 2. The van der Waals surface area contributed by atoms with Gasteiger partial charge < -0.3 is 10.1 Å². The minimum atomic E-state index is -0.475. The molecular formula is C14H15FN2O3. The summed E-state index contributed by atoms with van der Waals surface area (Å²) in [5.41, 5.74) is 0.836. The number of carbonyl (C=O) groups is 2. The summed E-state index contributed by atoms with van der Waals surface area (Å²) < 4.78 is 18.8. The van der Waals surface area contributed by atoms with Gasteiger partial charge in [0.2, 0.25) is 11.8 Å². The van der Waals surface area contributed by atoms with Gasteiger partial charge in [-0.2, -0.15) is 0 Å². The van der Waals surface area contributed by atoms with E-state index < -0.39 is 6.04 Å². The summed E-state index contributed by atoms with van der Waals surface area (Å²) in [5, 5.41) is 3.05. The third-order valence-electron chi connectivity index (χ3n) is 3.74. The molecule has 106 valence electrons. The van der Waals surface area contributed by atoms with Gasteiger partial charge in [-0.1, -0.05) is 0 Å². The molecule has 5 nitrogen and oxygen atoms in total. The minimum absolute atomic E-state index is 0.138. The topological polar surface area (TPSA) is 58.6 Å². The number of fused-ring (bicyclic) bond motifs is 1. The third kappa shape index (κ3) is 2.27. The average Bonchev–Trinajstić information content (AvgIpc) is 2.92. The van der Waals surface area contributed by atoms with Crippen LogP contribution in [0.1, 0.15) is 12.0 Å². The van der Waals surface area contributed by atoms with Gasteiger partial charge in [0, 0.05) is 25.6 Å². The van der Waals surface area contributed by atoms with Crippen molar-refractivity contribution in [2.24, 2.45) is 0 Å². The second-order valence-electron chi connectivity index (χ2n) is 5.15. The van der Waals surface area contributed by atoms with Crippen LogP contribution < -0.4 is 10.1 Å². The Morgan fingerprint density at radius 1 is 1.40 bits per heavy atom. The molecular weight excluding hydrogens is 263 g/mol. The monoisotopic (exact) mass is 278 g/mol. The number of carbonyl (C=O) groups excluding carboxylic acids is 2. The van der Waals surface area contributed by atoms with Crippen molar-refractivity contribution in [2.45, 2.75) is 25.0 Å². The maximum atomic E-state index is 13.1. The molecule has 1 saturated heterocycles. The van der Waals surface area contributed by atoms with E-state index in [1.165, 1.54) is 19.2 Å². The van der Waals surface area contributed by atoms with E-state index in [2.05, 4.69) is 5.32 Å². The lowest BCUT2D eigenvalue weighted by Gasteiger charge is -2.15. The smallest absolute Gasteiger partial charge is 0.246 e. The predicted octanol–water partition coefficient (Wildman–Crippen LogP) is 0.476. The Balaban J connectivity index is 1.57. The van der Waals surface area contributed by atoms with E-state index in [0.717, 1.165) is 10.5 Å². The van der Waals surface area contributed by atoms with Crippen molar-refractivity contribution in [3.8, 4) is 5.75 Å². The number of hydrogen-bond donors (Lipinski definition) is 1. The Morgan fingerprint density at radius 2 is 2.20 bits per heavy atom. The maximum absolute atomic E-state index is 13.1. The van der Waals surface area contributed by atoms with Gasteiger partial charge in [0.25, 0.3) is 0 Å². The summed E-state index contributed by atoms with van der Waals surface area (Å²) in [6.07, 6.45) is 0.648. The number of ether oxygens (including phenoxy) is 1. The SMILES string of the molecule is CN1C(=O)CC(NCC2Cc3cc(F)ccc3O2)C1=O. The van der Waals surface area contributed by atoms with E-state index in [0.29, 0.717) is 18.7 Å². The summed E-state index contributed by atoms with van der Waals surface area (Å²) in [5.74, 6) is 0.0186. The van der Waals surface area contributed by atoms with Gasteiger partial charge in [0.05, 0.1) is 12.5 Å². The van der Waals surface area contributed by atoms with Gasteiger partial charge in [-0.15, -0.1) is 0 Å². The first-order valence-electron chi connectivity index (χ1n) is 6.53. The molecule has 0 aliphatic carbocycles. The Morgan fingerprint density at radius 3 is 2.90 bits per heavy atom. The molecule has 6 heteroatoms. The van der Waals surface area contributed by atoms with Crippen LogP contribution in [-0.2, 0) is 16.0 Å². The second-order valence-corrected chi connectivity index (χ2v) is 5.15. The average molecular weight is 278 g/mol. The number of nitrogens with zero attached hydrogens (tertiary/aromatic N) is 1. The van der Waals surface area contributed by atoms with Gasteiger partial charge in [-0.25, -0.2) is 4.39 Å². The van der Waals surface area contributed by atoms with E-state index in [1.54, 1.807) is 6.07 Å². The van der Waals surface area contributed by atoms with Crippen LogP contribution in [0, 0.1) is 5.82 Å². The normalized spacial score (nSPS) is 25.0. The third-order valence-corrected chi connectivity index (χ3v) is 3.74. The first-order valence-corrected chi connectivity index (χ1v) is 6.53. The highest BCUT2D eigenvalue weighted by Gasteiger charge is 2.36. The van der Waals surface area contributed by atoms with Crippen LogP contribution in [-0.4, -0.2) is 42.5 Å². The molecule has 1 aromatic carbocycles. The van der Waals surface area contributed by atoms with Crippen LogP contribution in [0.4, 0.5) is 4.39 Å². The highest BCUT2D eigenvalue weighted by molar-refractivity contribution is 6.05. The van der Waals surface area contributed by atoms with E-state index in [-0.39, 0.29) is 30.2 Å². The molecule has 0 saturated carbocycles. The second kappa shape index (κ2) is 4.86. The summed E-state index contributed by atoms with van der Waals surface area (Å²) in [4.78, 5) is 24.3. The van der Waals surface area contributed by atoms with Gasteiger partial charge in [-0.3, -0.25) is 14.5 Å². The number of imide groups is 1. The van der Waals surface area contributed by atoms with Gasteiger partial charge >= 0.3 is 0 Å². The molecule has 2 aliphatic rings. The quantitative estimate of drug-likeness (QED) is 0.817. The molecule has 2 amide bonds. The van der Waals surface area contributed by atoms with Crippen LogP contribution in [0.5, 0.6) is 5.75 Å². The summed E-state index contributed by atoms with van der Waals surface area (Å²) >= 11 is 0. The molecule has 1 aromatic rings.